The van der Waals surface area contributed by atoms with Gasteiger partial charge < -0.3 is 9.72 Å². The second kappa shape index (κ2) is 6.76. The van der Waals surface area contributed by atoms with Gasteiger partial charge in [0.2, 0.25) is 0 Å². The monoisotopic (exact) mass is 350 g/mol. The molecule has 0 aliphatic carbocycles. The summed E-state index contributed by atoms with van der Waals surface area (Å²) < 4.78 is 5.25. The van der Waals surface area contributed by atoms with Gasteiger partial charge in [-0.15, -0.1) is 0 Å². The van der Waals surface area contributed by atoms with Crippen LogP contribution in [-0.4, -0.2) is 27.3 Å². The van der Waals surface area contributed by atoms with Crippen molar-refractivity contribution in [3.05, 3.63) is 60.7 Å². The highest BCUT2D eigenvalue weighted by molar-refractivity contribution is 8.00. The number of hydrogen-bond donors (Lipinski definition) is 1. The van der Waals surface area contributed by atoms with Crippen molar-refractivity contribution in [2.24, 2.45) is 0 Å². The molecule has 2 heterocycles. The topological polar surface area (TPSA) is 55.0 Å². The SMILES string of the molecule is C[C@H]1C[C@@H](Sc2nc(-c3ccccc3)c(-c3ccccc3)[nH]2)C(=O)O1. The Bertz CT molecular complexity index is 820. The van der Waals surface area contributed by atoms with E-state index in [0.29, 0.717) is 6.42 Å². The van der Waals surface area contributed by atoms with E-state index in [1.165, 1.54) is 11.8 Å². The first-order valence-electron chi connectivity index (χ1n) is 8.28. The van der Waals surface area contributed by atoms with Crippen LogP contribution < -0.4 is 0 Å². The van der Waals surface area contributed by atoms with Crippen LogP contribution in [0.1, 0.15) is 13.3 Å². The summed E-state index contributed by atoms with van der Waals surface area (Å²) >= 11 is 1.45. The van der Waals surface area contributed by atoms with Crippen LogP contribution in [0, 0.1) is 0 Å². The minimum Gasteiger partial charge on any atom is -0.462 e. The average Bonchev–Trinajstić information content (AvgIpc) is 3.20. The zero-order valence-electron chi connectivity index (χ0n) is 13.8. The molecule has 0 spiro atoms. The van der Waals surface area contributed by atoms with Gasteiger partial charge in [0.1, 0.15) is 11.4 Å². The molecule has 2 atom stereocenters. The number of rotatable bonds is 4. The summed E-state index contributed by atoms with van der Waals surface area (Å²) in [6.45, 7) is 1.92. The smallest absolute Gasteiger partial charge is 0.319 e. The Labute approximate surface area is 150 Å². The zero-order chi connectivity index (χ0) is 17.2. The van der Waals surface area contributed by atoms with Crippen molar-refractivity contribution < 1.29 is 9.53 Å². The molecule has 0 radical (unpaired) electrons. The number of carbonyl (C=O) groups is 1. The first-order valence-corrected chi connectivity index (χ1v) is 9.16. The Morgan fingerprint density at radius 3 is 2.28 bits per heavy atom. The normalized spacial score (nSPS) is 19.8. The lowest BCUT2D eigenvalue weighted by molar-refractivity contribution is -0.140. The quantitative estimate of drug-likeness (QED) is 0.702. The van der Waals surface area contributed by atoms with E-state index in [1.54, 1.807) is 0 Å². The van der Waals surface area contributed by atoms with Gasteiger partial charge in [-0.1, -0.05) is 72.4 Å². The lowest BCUT2D eigenvalue weighted by Crippen LogP contribution is -2.09. The maximum absolute atomic E-state index is 11.9. The summed E-state index contributed by atoms with van der Waals surface area (Å²) in [4.78, 5) is 20.1. The van der Waals surface area contributed by atoms with Crippen LogP contribution in [0.15, 0.2) is 65.8 Å². The zero-order valence-corrected chi connectivity index (χ0v) is 14.6. The number of esters is 1. The van der Waals surface area contributed by atoms with Crippen LogP contribution in [0.3, 0.4) is 0 Å². The van der Waals surface area contributed by atoms with Crippen molar-refractivity contribution in [3.63, 3.8) is 0 Å². The van der Waals surface area contributed by atoms with Crippen molar-refractivity contribution >= 4 is 17.7 Å². The van der Waals surface area contributed by atoms with Crippen molar-refractivity contribution in [2.75, 3.05) is 0 Å². The molecular formula is C20H18N2O2S. The number of H-pyrrole nitrogens is 1. The number of aromatic amines is 1. The van der Waals surface area contributed by atoms with E-state index in [0.717, 1.165) is 27.7 Å². The fourth-order valence-corrected chi connectivity index (χ4v) is 4.07. The largest absolute Gasteiger partial charge is 0.462 e. The van der Waals surface area contributed by atoms with E-state index in [1.807, 2.05) is 55.5 Å². The second-order valence-electron chi connectivity index (χ2n) is 6.09. The molecule has 0 amide bonds. The highest BCUT2D eigenvalue weighted by atomic mass is 32.2. The third-order valence-electron chi connectivity index (χ3n) is 4.17. The summed E-state index contributed by atoms with van der Waals surface area (Å²) in [5.74, 6) is -0.156. The lowest BCUT2D eigenvalue weighted by atomic mass is 10.1. The lowest BCUT2D eigenvalue weighted by Gasteiger charge is -2.02. The second-order valence-corrected chi connectivity index (χ2v) is 7.28. The standard InChI is InChI=1S/C20H18N2O2S/c1-13-12-16(19(23)24-13)25-20-21-17(14-8-4-2-5-9-14)18(22-20)15-10-6-3-7-11-15/h2-11,13,16H,12H2,1H3,(H,21,22)/t13-,16+/m0/s1. The van der Waals surface area contributed by atoms with Crippen LogP contribution in [0.2, 0.25) is 0 Å². The third kappa shape index (κ3) is 3.33. The molecule has 5 heteroatoms. The molecule has 2 aromatic carbocycles. The highest BCUT2D eigenvalue weighted by Gasteiger charge is 2.33. The fraction of sp³-hybridized carbons (Fsp3) is 0.200. The van der Waals surface area contributed by atoms with E-state index in [9.17, 15) is 4.79 Å². The van der Waals surface area contributed by atoms with E-state index in [-0.39, 0.29) is 17.3 Å². The molecule has 126 valence electrons. The van der Waals surface area contributed by atoms with Crippen molar-refractivity contribution in [3.8, 4) is 22.5 Å². The molecule has 0 bridgehead atoms. The maximum Gasteiger partial charge on any atom is 0.319 e. The van der Waals surface area contributed by atoms with Gasteiger partial charge in [-0.2, -0.15) is 0 Å². The first kappa shape index (κ1) is 16.0. The van der Waals surface area contributed by atoms with Crippen LogP contribution in [-0.2, 0) is 9.53 Å². The fourth-order valence-electron chi connectivity index (χ4n) is 2.98. The van der Waals surface area contributed by atoms with E-state index in [4.69, 9.17) is 9.72 Å². The van der Waals surface area contributed by atoms with E-state index in [2.05, 4.69) is 17.1 Å². The Morgan fingerprint density at radius 2 is 1.68 bits per heavy atom. The molecule has 1 aromatic heterocycles. The van der Waals surface area contributed by atoms with Crippen LogP contribution in [0.5, 0.6) is 0 Å². The number of thioether (sulfide) groups is 1. The number of carbonyl (C=O) groups excluding carboxylic acids is 1. The number of aromatic nitrogens is 2. The van der Waals surface area contributed by atoms with Gasteiger partial charge in [0.15, 0.2) is 5.16 Å². The molecular weight excluding hydrogens is 332 g/mol. The molecule has 1 aliphatic heterocycles. The number of nitrogens with zero attached hydrogens (tertiary/aromatic N) is 1. The highest BCUT2D eigenvalue weighted by Crippen LogP contribution is 2.36. The maximum atomic E-state index is 11.9. The Morgan fingerprint density at radius 1 is 1.04 bits per heavy atom. The van der Waals surface area contributed by atoms with E-state index < -0.39 is 0 Å². The van der Waals surface area contributed by atoms with Crippen molar-refractivity contribution in [1.29, 1.82) is 0 Å². The molecule has 4 nitrogen and oxygen atoms in total. The molecule has 3 aromatic rings. The summed E-state index contributed by atoms with van der Waals surface area (Å²) in [6.07, 6.45) is 0.688. The van der Waals surface area contributed by atoms with Gasteiger partial charge in [-0.3, -0.25) is 4.79 Å². The molecule has 0 saturated carbocycles. The average molecular weight is 350 g/mol. The van der Waals surface area contributed by atoms with Gasteiger partial charge in [0.05, 0.1) is 11.4 Å². The molecule has 25 heavy (non-hydrogen) atoms. The predicted molar refractivity (Wildman–Crippen MR) is 99.3 cm³/mol. The minimum atomic E-state index is -0.201. The minimum absolute atomic E-state index is 0.0258. The number of imidazole rings is 1. The number of cyclic esters (lactones) is 1. The molecule has 1 N–H and O–H groups in total. The third-order valence-corrected chi connectivity index (χ3v) is 5.26. The van der Waals surface area contributed by atoms with Gasteiger partial charge in [0.25, 0.3) is 0 Å². The first-order chi connectivity index (χ1) is 12.2. The number of ether oxygens (including phenoxy) is 1. The van der Waals surface area contributed by atoms with Crippen LogP contribution in [0.25, 0.3) is 22.5 Å². The van der Waals surface area contributed by atoms with Crippen LogP contribution >= 0.6 is 11.8 Å². The Hall–Kier alpha value is -2.53. The molecule has 1 aliphatic rings. The molecule has 1 fully saturated rings. The van der Waals surface area contributed by atoms with Gasteiger partial charge >= 0.3 is 5.97 Å². The Balaban J connectivity index is 1.72. The summed E-state index contributed by atoms with van der Waals surface area (Å²) in [5, 5.41) is 0.544. The summed E-state index contributed by atoms with van der Waals surface area (Å²) in [7, 11) is 0. The van der Waals surface area contributed by atoms with Gasteiger partial charge in [-0.05, 0) is 6.92 Å². The molecule has 0 unspecified atom stereocenters. The molecule has 4 rings (SSSR count). The summed E-state index contributed by atoms with van der Waals surface area (Å²) in [5.41, 5.74) is 3.98. The predicted octanol–water partition coefficient (Wildman–Crippen LogP) is 4.54. The number of hydrogen-bond acceptors (Lipinski definition) is 4. The van der Waals surface area contributed by atoms with Crippen LogP contribution in [0.4, 0.5) is 0 Å². The van der Waals surface area contributed by atoms with Crippen molar-refractivity contribution in [2.45, 2.75) is 29.9 Å². The van der Waals surface area contributed by atoms with Crippen molar-refractivity contribution in [1.82, 2.24) is 9.97 Å². The number of nitrogens with one attached hydrogen (secondary N) is 1. The van der Waals surface area contributed by atoms with Gasteiger partial charge in [-0.25, -0.2) is 4.98 Å². The molecule has 1 saturated heterocycles. The van der Waals surface area contributed by atoms with E-state index >= 15 is 0 Å². The number of benzene rings is 2. The Kier molecular flexibility index (Phi) is 4.32. The van der Waals surface area contributed by atoms with Gasteiger partial charge in [0, 0.05) is 17.5 Å². The summed E-state index contributed by atoms with van der Waals surface area (Å²) in [6, 6.07) is 20.2.